The number of hydrogen-bond donors (Lipinski definition) is 0. The second kappa shape index (κ2) is 6.22. The summed E-state index contributed by atoms with van der Waals surface area (Å²) in [5.74, 6) is 1.54. The Bertz CT molecular complexity index is 416. The first-order valence-electron chi connectivity index (χ1n) is 7.72. The van der Waals surface area contributed by atoms with Crippen LogP contribution >= 0.6 is 0 Å². The van der Waals surface area contributed by atoms with Gasteiger partial charge in [0.15, 0.2) is 5.82 Å². The fraction of sp³-hybridized carbons (Fsp3) is 0.867. The third-order valence-electron chi connectivity index (χ3n) is 3.96. The zero-order valence-electron chi connectivity index (χ0n) is 13.5. The van der Waals surface area contributed by atoms with Crippen molar-refractivity contribution >= 4 is 0 Å². The van der Waals surface area contributed by atoms with Gasteiger partial charge in [0, 0.05) is 31.6 Å². The van der Waals surface area contributed by atoms with Crippen molar-refractivity contribution in [1.82, 2.24) is 19.9 Å². The van der Waals surface area contributed by atoms with Gasteiger partial charge in [-0.2, -0.15) is 4.98 Å². The Labute approximate surface area is 122 Å². The molecule has 2 rings (SSSR count). The van der Waals surface area contributed by atoms with Gasteiger partial charge in [-0.15, -0.1) is 0 Å². The molecule has 1 atom stereocenters. The van der Waals surface area contributed by atoms with Crippen LogP contribution in [0.25, 0.3) is 0 Å². The molecule has 1 aliphatic heterocycles. The minimum Gasteiger partial charge on any atom is -0.338 e. The number of aromatic nitrogens is 2. The highest BCUT2D eigenvalue weighted by Gasteiger charge is 2.27. The summed E-state index contributed by atoms with van der Waals surface area (Å²) >= 11 is 0. The van der Waals surface area contributed by atoms with Crippen LogP contribution in [0.15, 0.2) is 4.52 Å². The van der Waals surface area contributed by atoms with Crippen LogP contribution in [-0.2, 0) is 5.41 Å². The highest BCUT2D eigenvalue weighted by Crippen LogP contribution is 2.24. The monoisotopic (exact) mass is 280 g/mol. The summed E-state index contributed by atoms with van der Waals surface area (Å²) in [7, 11) is 0. The Balaban J connectivity index is 1.95. The maximum Gasteiger partial charge on any atom is 0.243 e. The Kier molecular flexibility index (Phi) is 4.81. The van der Waals surface area contributed by atoms with Gasteiger partial charge in [-0.1, -0.05) is 32.9 Å². The van der Waals surface area contributed by atoms with Crippen molar-refractivity contribution in [2.45, 2.75) is 52.5 Å². The first-order valence-corrected chi connectivity index (χ1v) is 7.72. The van der Waals surface area contributed by atoms with Crippen LogP contribution in [0, 0.1) is 0 Å². The Hall–Kier alpha value is -0.940. The quantitative estimate of drug-likeness (QED) is 0.847. The molecule has 0 radical (unpaired) electrons. The standard InChI is InChI=1S/C15H28N4O/c1-6-7-18-8-10-19(11-9-18)12(2)13-16-14(17-20-13)15(3,4)5/h12H,6-11H2,1-5H3. The first kappa shape index (κ1) is 15.4. The Morgan fingerprint density at radius 3 is 2.35 bits per heavy atom. The molecule has 20 heavy (non-hydrogen) atoms. The van der Waals surface area contributed by atoms with E-state index in [4.69, 9.17) is 4.52 Å². The van der Waals surface area contributed by atoms with Crippen LogP contribution in [0.5, 0.6) is 0 Å². The maximum atomic E-state index is 5.46. The molecule has 0 N–H and O–H groups in total. The number of hydrogen-bond acceptors (Lipinski definition) is 5. The van der Waals surface area contributed by atoms with Crippen LogP contribution in [0.1, 0.15) is 58.8 Å². The van der Waals surface area contributed by atoms with Gasteiger partial charge in [-0.25, -0.2) is 0 Å². The topological polar surface area (TPSA) is 45.4 Å². The molecule has 1 aliphatic rings. The van der Waals surface area contributed by atoms with E-state index in [1.54, 1.807) is 0 Å². The number of nitrogens with zero attached hydrogens (tertiary/aromatic N) is 4. The third-order valence-corrected chi connectivity index (χ3v) is 3.96. The van der Waals surface area contributed by atoms with Crippen molar-refractivity contribution in [3.8, 4) is 0 Å². The zero-order valence-corrected chi connectivity index (χ0v) is 13.5. The molecule has 0 aromatic carbocycles. The lowest BCUT2D eigenvalue weighted by atomic mass is 9.96. The summed E-state index contributed by atoms with van der Waals surface area (Å²) in [6.07, 6.45) is 1.23. The normalized spacial score (nSPS) is 20.2. The van der Waals surface area contributed by atoms with E-state index >= 15 is 0 Å². The van der Waals surface area contributed by atoms with E-state index in [1.165, 1.54) is 13.0 Å². The predicted octanol–water partition coefficient (Wildman–Crippen LogP) is 2.46. The fourth-order valence-electron chi connectivity index (χ4n) is 2.56. The van der Waals surface area contributed by atoms with Crippen molar-refractivity contribution in [3.05, 3.63) is 11.7 Å². The number of rotatable bonds is 4. The number of piperazine rings is 1. The molecule has 1 aromatic heterocycles. The zero-order chi connectivity index (χ0) is 14.8. The van der Waals surface area contributed by atoms with E-state index in [1.807, 2.05) is 0 Å². The van der Waals surface area contributed by atoms with Crippen LogP contribution in [0.2, 0.25) is 0 Å². The second-order valence-electron chi connectivity index (χ2n) is 6.76. The lowest BCUT2D eigenvalue weighted by Gasteiger charge is -2.36. The van der Waals surface area contributed by atoms with Crippen molar-refractivity contribution in [2.24, 2.45) is 0 Å². The van der Waals surface area contributed by atoms with Gasteiger partial charge in [0.25, 0.3) is 0 Å². The molecule has 1 fully saturated rings. The van der Waals surface area contributed by atoms with E-state index in [-0.39, 0.29) is 11.5 Å². The van der Waals surface area contributed by atoms with E-state index in [2.05, 4.69) is 54.6 Å². The molecular weight excluding hydrogens is 252 g/mol. The van der Waals surface area contributed by atoms with Crippen molar-refractivity contribution in [2.75, 3.05) is 32.7 Å². The molecule has 1 aromatic rings. The predicted molar refractivity (Wildman–Crippen MR) is 79.7 cm³/mol. The van der Waals surface area contributed by atoms with Crippen molar-refractivity contribution < 1.29 is 4.52 Å². The molecule has 2 heterocycles. The summed E-state index contributed by atoms with van der Waals surface area (Å²) in [5.41, 5.74) is -0.0543. The highest BCUT2D eigenvalue weighted by atomic mass is 16.5. The van der Waals surface area contributed by atoms with Crippen molar-refractivity contribution in [1.29, 1.82) is 0 Å². The van der Waals surface area contributed by atoms with Crippen LogP contribution in [0.3, 0.4) is 0 Å². The van der Waals surface area contributed by atoms with Gasteiger partial charge in [0.1, 0.15) is 0 Å². The van der Waals surface area contributed by atoms with Gasteiger partial charge < -0.3 is 9.42 Å². The van der Waals surface area contributed by atoms with Gasteiger partial charge in [0.2, 0.25) is 5.89 Å². The van der Waals surface area contributed by atoms with E-state index in [9.17, 15) is 0 Å². The average molecular weight is 280 g/mol. The summed E-state index contributed by atoms with van der Waals surface area (Å²) in [6.45, 7) is 16.4. The van der Waals surface area contributed by atoms with Crippen molar-refractivity contribution in [3.63, 3.8) is 0 Å². The SMILES string of the molecule is CCCN1CCN(C(C)c2nc(C(C)(C)C)no2)CC1. The molecule has 1 unspecified atom stereocenters. The van der Waals surface area contributed by atoms with Gasteiger partial charge in [0.05, 0.1) is 6.04 Å². The smallest absolute Gasteiger partial charge is 0.243 e. The third kappa shape index (κ3) is 3.58. The molecule has 0 spiro atoms. The minimum atomic E-state index is -0.0543. The second-order valence-corrected chi connectivity index (χ2v) is 6.76. The molecule has 0 saturated carbocycles. The van der Waals surface area contributed by atoms with E-state index in [0.717, 1.165) is 37.9 Å². The Morgan fingerprint density at radius 1 is 1.20 bits per heavy atom. The first-order chi connectivity index (χ1) is 9.41. The lowest BCUT2D eigenvalue weighted by Crippen LogP contribution is -2.47. The lowest BCUT2D eigenvalue weighted by molar-refractivity contribution is 0.0884. The largest absolute Gasteiger partial charge is 0.338 e. The van der Waals surface area contributed by atoms with Gasteiger partial charge in [-0.05, 0) is 19.9 Å². The summed E-state index contributed by atoms with van der Waals surface area (Å²) in [6, 6.07) is 0.211. The highest BCUT2D eigenvalue weighted by molar-refractivity contribution is 5.02. The minimum absolute atomic E-state index is 0.0543. The molecule has 5 nitrogen and oxygen atoms in total. The molecule has 5 heteroatoms. The van der Waals surface area contributed by atoms with Crippen LogP contribution < -0.4 is 0 Å². The van der Waals surface area contributed by atoms with Crippen LogP contribution in [0.4, 0.5) is 0 Å². The molecular formula is C15H28N4O. The molecule has 1 saturated heterocycles. The Morgan fingerprint density at radius 2 is 1.85 bits per heavy atom. The molecule has 0 bridgehead atoms. The van der Waals surface area contributed by atoms with Gasteiger partial charge in [-0.3, -0.25) is 4.90 Å². The average Bonchev–Trinajstić information content (AvgIpc) is 2.89. The molecule has 114 valence electrons. The summed E-state index contributed by atoms with van der Waals surface area (Å²) in [4.78, 5) is 9.54. The van der Waals surface area contributed by atoms with Crippen LogP contribution in [-0.4, -0.2) is 52.7 Å². The summed E-state index contributed by atoms with van der Waals surface area (Å²) < 4.78 is 5.46. The molecule has 0 aliphatic carbocycles. The van der Waals surface area contributed by atoms with Gasteiger partial charge >= 0.3 is 0 Å². The van der Waals surface area contributed by atoms with E-state index in [0.29, 0.717) is 0 Å². The van der Waals surface area contributed by atoms with E-state index < -0.39 is 0 Å². The fourth-order valence-corrected chi connectivity index (χ4v) is 2.56. The summed E-state index contributed by atoms with van der Waals surface area (Å²) in [5, 5.41) is 4.12. The molecule has 0 amide bonds. The maximum absolute atomic E-state index is 5.46.